The van der Waals surface area contributed by atoms with Crippen LogP contribution in [0, 0.1) is 5.92 Å². The fraction of sp³-hybridized carbons (Fsp3) is 0.714. The van der Waals surface area contributed by atoms with Crippen LogP contribution >= 0.6 is 0 Å². The van der Waals surface area contributed by atoms with Crippen molar-refractivity contribution in [3.63, 3.8) is 0 Å². The van der Waals surface area contributed by atoms with Crippen molar-refractivity contribution in [2.24, 2.45) is 5.92 Å². The fourth-order valence-electron chi connectivity index (χ4n) is 1.24. The van der Waals surface area contributed by atoms with Crippen molar-refractivity contribution in [2.45, 2.75) is 53.4 Å². The first kappa shape index (κ1) is 15.9. The normalized spacial score (nSPS) is 11.7. The molecule has 0 aromatic heterocycles. The summed E-state index contributed by atoms with van der Waals surface area (Å²) < 4.78 is 5.07. The molecule has 0 unspecified atom stereocenters. The Kier molecular flexibility index (Phi) is 8.38. The smallest absolute Gasteiger partial charge is 0.341 e. The molecule has 17 heavy (non-hydrogen) atoms. The number of esters is 1. The van der Waals surface area contributed by atoms with Crippen LogP contribution in [0.5, 0.6) is 0 Å². The fourth-order valence-corrected chi connectivity index (χ4v) is 1.24. The minimum absolute atomic E-state index is 0.132. The van der Waals surface area contributed by atoms with E-state index in [9.17, 15) is 9.59 Å². The SMILES string of the molecule is CCCCOC(=O)C(=CCC(C)C)C(=O)CC. The molecule has 0 aliphatic heterocycles. The van der Waals surface area contributed by atoms with Gasteiger partial charge in [-0.3, -0.25) is 4.79 Å². The van der Waals surface area contributed by atoms with Crippen molar-refractivity contribution < 1.29 is 14.3 Å². The molecule has 0 bridgehead atoms. The minimum Gasteiger partial charge on any atom is -0.462 e. The highest BCUT2D eigenvalue weighted by atomic mass is 16.5. The summed E-state index contributed by atoms with van der Waals surface area (Å²) in [5.41, 5.74) is 0.220. The van der Waals surface area contributed by atoms with Crippen LogP contribution in [-0.2, 0) is 14.3 Å². The summed E-state index contributed by atoms with van der Waals surface area (Å²) in [4.78, 5) is 23.3. The molecule has 0 rings (SSSR count). The average molecular weight is 240 g/mol. The average Bonchev–Trinajstić information content (AvgIpc) is 2.28. The van der Waals surface area contributed by atoms with Crippen LogP contribution in [0.25, 0.3) is 0 Å². The Bertz CT molecular complexity index is 277. The van der Waals surface area contributed by atoms with E-state index < -0.39 is 5.97 Å². The van der Waals surface area contributed by atoms with Crippen LogP contribution in [0.15, 0.2) is 11.6 Å². The maximum atomic E-state index is 11.7. The molecule has 0 aliphatic rings. The molecule has 0 fully saturated rings. The number of ketones is 1. The van der Waals surface area contributed by atoms with Crippen LogP contribution in [0.3, 0.4) is 0 Å². The highest BCUT2D eigenvalue weighted by Crippen LogP contribution is 2.09. The molecule has 0 spiro atoms. The Morgan fingerprint density at radius 1 is 1.24 bits per heavy atom. The zero-order valence-corrected chi connectivity index (χ0v) is 11.4. The second-order valence-electron chi connectivity index (χ2n) is 4.51. The van der Waals surface area contributed by atoms with E-state index in [-0.39, 0.29) is 11.4 Å². The molecule has 3 heteroatoms. The topological polar surface area (TPSA) is 43.4 Å². The molecule has 0 N–H and O–H groups in total. The molecular formula is C14H24O3. The van der Waals surface area contributed by atoms with Gasteiger partial charge in [0.15, 0.2) is 5.78 Å². The summed E-state index contributed by atoms with van der Waals surface area (Å²) >= 11 is 0. The van der Waals surface area contributed by atoms with Crippen molar-refractivity contribution in [1.29, 1.82) is 0 Å². The van der Waals surface area contributed by atoms with Gasteiger partial charge in [0, 0.05) is 6.42 Å². The quantitative estimate of drug-likeness (QED) is 0.215. The van der Waals surface area contributed by atoms with Crippen LogP contribution in [0.1, 0.15) is 53.4 Å². The molecule has 0 aliphatic carbocycles. The lowest BCUT2D eigenvalue weighted by molar-refractivity contribution is -0.140. The first-order chi connectivity index (χ1) is 8.02. The molecular weight excluding hydrogens is 216 g/mol. The van der Waals surface area contributed by atoms with E-state index in [4.69, 9.17) is 4.74 Å². The lowest BCUT2D eigenvalue weighted by Gasteiger charge is -2.07. The van der Waals surface area contributed by atoms with E-state index in [0.29, 0.717) is 18.9 Å². The van der Waals surface area contributed by atoms with Gasteiger partial charge in [0.2, 0.25) is 0 Å². The van der Waals surface area contributed by atoms with E-state index in [1.807, 2.05) is 20.8 Å². The predicted molar refractivity (Wildman–Crippen MR) is 68.7 cm³/mol. The zero-order valence-electron chi connectivity index (χ0n) is 11.4. The number of rotatable bonds is 8. The molecule has 0 saturated carbocycles. The maximum absolute atomic E-state index is 11.7. The highest BCUT2D eigenvalue weighted by Gasteiger charge is 2.17. The van der Waals surface area contributed by atoms with Gasteiger partial charge in [-0.15, -0.1) is 0 Å². The molecule has 98 valence electrons. The molecule has 0 heterocycles. The Morgan fingerprint density at radius 3 is 2.35 bits per heavy atom. The summed E-state index contributed by atoms with van der Waals surface area (Å²) in [6, 6.07) is 0. The number of carbonyl (C=O) groups is 2. The molecule has 0 radical (unpaired) electrons. The van der Waals surface area contributed by atoms with Gasteiger partial charge in [0.1, 0.15) is 0 Å². The summed E-state index contributed by atoms with van der Waals surface area (Å²) in [5, 5.41) is 0. The number of hydrogen-bond acceptors (Lipinski definition) is 3. The Hall–Kier alpha value is -1.12. The van der Waals surface area contributed by atoms with Gasteiger partial charge < -0.3 is 4.74 Å². The molecule has 0 saturated heterocycles. The molecule has 0 atom stereocenters. The van der Waals surface area contributed by atoms with Crippen molar-refractivity contribution in [3.05, 3.63) is 11.6 Å². The maximum Gasteiger partial charge on any atom is 0.341 e. The second kappa shape index (κ2) is 8.97. The number of unbranched alkanes of at least 4 members (excludes halogenated alkanes) is 1. The van der Waals surface area contributed by atoms with E-state index >= 15 is 0 Å². The number of allylic oxidation sites excluding steroid dienone is 1. The van der Waals surface area contributed by atoms with Crippen molar-refractivity contribution in [2.75, 3.05) is 6.61 Å². The number of carbonyl (C=O) groups excluding carboxylic acids is 2. The van der Waals surface area contributed by atoms with E-state index in [2.05, 4.69) is 0 Å². The summed E-state index contributed by atoms with van der Waals surface area (Å²) in [7, 11) is 0. The Labute approximate surface area is 104 Å². The molecule has 0 amide bonds. The summed E-state index contributed by atoms with van der Waals surface area (Å²) in [6.07, 6.45) is 4.59. The van der Waals surface area contributed by atoms with Crippen LogP contribution in [-0.4, -0.2) is 18.4 Å². The predicted octanol–water partition coefficient (Wildman–Crippen LogP) is 3.28. The number of Topliss-reactive ketones (excluding diaryl/α,β-unsaturated/α-hetero) is 1. The van der Waals surface area contributed by atoms with Crippen LogP contribution in [0.4, 0.5) is 0 Å². The number of hydrogen-bond donors (Lipinski definition) is 0. The van der Waals surface area contributed by atoms with Crippen molar-refractivity contribution in [3.8, 4) is 0 Å². The summed E-state index contributed by atoms with van der Waals surface area (Å²) in [5.74, 6) is -0.170. The Morgan fingerprint density at radius 2 is 1.88 bits per heavy atom. The standard InChI is InChI=1S/C14H24O3/c1-5-7-10-17-14(16)12(13(15)6-2)9-8-11(3)4/h9,11H,5-8,10H2,1-4H3. The third-order valence-corrected chi connectivity index (χ3v) is 2.37. The van der Waals surface area contributed by atoms with Crippen molar-refractivity contribution >= 4 is 11.8 Å². The lowest BCUT2D eigenvalue weighted by Crippen LogP contribution is -2.16. The van der Waals surface area contributed by atoms with Crippen molar-refractivity contribution in [1.82, 2.24) is 0 Å². The summed E-state index contributed by atoms with van der Waals surface area (Å²) in [6.45, 7) is 8.27. The minimum atomic E-state index is -0.467. The van der Waals surface area contributed by atoms with Crippen LogP contribution < -0.4 is 0 Å². The first-order valence-corrected chi connectivity index (χ1v) is 6.43. The van der Waals surface area contributed by atoms with E-state index in [1.165, 1.54) is 0 Å². The third kappa shape index (κ3) is 6.93. The number of ether oxygens (including phenoxy) is 1. The Balaban J connectivity index is 4.51. The first-order valence-electron chi connectivity index (χ1n) is 6.43. The molecule has 3 nitrogen and oxygen atoms in total. The molecule has 0 aromatic rings. The monoisotopic (exact) mass is 240 g/mol. The van der Waals surface area contributed by atoms with Gasteiger partial charge in [0.05, 0.1) is 12.2 Å². The third-order valence-electron chi connectivity index (χ3n) is 2.37. The van der Waals surface area contributed by atoms with Gasteiger partial charge in [-0.1, -0.05) is 40.2 Å². The van der Waals surface area contributed by atoms with Gasteiger partial charge in [-0.05, 0) is 18.8 Å². The highest BCUT2D eigenvalue weighted by molar-refractivity contribution is 6.17. The second-order valence-corrected chi connectivity index (χ2v) is 4.51. The van der Waals surface area contributed by atoms with Crippen LogP contribution in [0.2, 0.25) is 0 Å². The van der Waals surface area contributed by atoms with E-state index in [1.54, 1.807) is 13.0 Å². The lowest BCUT2D eigenvalue weighted by atomic mass is 10.0. The van der Waals surface area contributed by atoms with Gasteiger partial charge >= 0.3 is 5.97 Å². The van der Waals surface area contributed by atoms with E-state index in [0.717, 1.165) is 19.3 Å². The largest absolute Gasteiger partial charge is 0.462 e. The van der Waals surface area contributed by atoms with Gasteiger partial charge in [0.25, 0.3) is 0 Å². The zero-order chi connectivity index (χ0) is 13.3. The van der Waals surface area contributed by atoms with Gasteiger partial charge in [-0.25, -0.2) is 4.79 Å². The van der Waals surface area contributed by atoms with Gasteiger partial charge in [-0.2, -0.15) is 0 Å². The molecule has 0 aromatic carbocycles.